The third kappa shape index (κ3) is 4.63. The van der Waals surface area contributed by atoms with Crippen LogP contribution < -0.4 is 5.32 Å². The van der Waals surface area contributed by atoms with Crippen molar-refractivity contribution in [2.45, 2.75) is 71.8 Å². The Bertz CT molecular complexity index is 710. The van der Waals surface area contributed by atoms with Crippen molar-refractivity contribution in [2.75, 3.05) is 19.6 Å². The molecule has 0 radical (unpaired) electrons. The largest absolute Gasteiger partial charge is 0.350 e. The summed E-state index contributed by atoms with van der Waals surface area (Å²) in [7, 11) is 0. The normalized spacial score (nSPS) is 19.7. The average molecular weight is 371 g/mol. The summed E-state index contributed by atoms with van der Waals surface area (Å²) in [5, 5.41) is 3.07. The Morgan fingerprint density at radius 1 is 1.22 bits per heavy atom. The number of piperidine rings is 1. The molecule has 1 aromatic carbocycles. The van der Waals surface area contributed by atoms with Crippen LogP contribution in [0.25, 0.3) is 5.57 Å². The molecule has 3 rings (SSSR count). The number of fused-ring (bicyclic) bond motifs is 2. The highest BCUT2D eigenvalue weighted by atomic mass is 16.1. The van der Waals surface area contributed by atoms with Gasteiger partial charge >= 0.3 is 0 Å². The Morgan fingerprint density at radius 3 is 2.52 bits per heavy atom. The number of carbonyl (C=O) groups excluding carboxylic acids is 1. The number of rotatable bonds is 4. The fourth-order valence-electron chi connectivity index (χ4n) is 4.42. The van der Waals surface area contributed by atoms with Gasteiger partial charge in [-0.1, -0.05) is 51.1 Å². The lowest BCUT2D eigenvalue weighted by Gasteiger charge is -2.45. The second kappa shape index (κ2) is 7.79. The molecule has 150 valence electrons. The lowest BCUT2D eigenvalue weighted by atomic mass is 9.65. The van der Waals surface area contributed by atoms with Gasteiger partial charge < -0.3 is 10.2 Å². The molecule has 1 saturated heterocycles. The van der Waals surface area contributed by atoms with Gasteiger partial charge in [0.1, 0.15) is 0 Å². The molecule has 3 heteroatoms. The Kier molecular flexibility index (Phi) is 5.81. The van der Waals surface area contributed by atoms with Crippen LogP contribution in [0.1, 0.15) is 72.9 Å². The number of allylic oxidation sites excluding steroid dienone is 1. The van der Waals surface area contributed by atoms with E-state index in [-0.39, 0.29) is 18.8 Å². The number of carbonyl (C=O) groups is 1. The molecule has 0 aromatic heterocycles. The van der Waals surface area contributed by atoms with E-state index >= 15 is 0 Å². The van der Waals surface area contributed by atoms with Crippen LogP contribution in [0.3, 0.4) is 0 Å². The van der Waals surface area contributed by atoms with Crippen LogP contribution in [-0.2, 0) is 10.2 Å². The molecule has 1 spiro atoms. The van der Waals surface area contributed by atoms with Crippen LogP contribution in [-0.4, -0.2) is 36.5 Å². The van der Waals surface area contributed by atoms with Crippen LogP contribution >= 0.6 is 0 Å². The van der Waals surface area contributed by atoms with E-state index in [9.17, 15) is 4.79 Å². The van der Waals surface area contributed by atoms with Gasteiger partial charge in [0.25, 0.3) is 5.91 Å². The van der Waals surface area contributed by atoms with Gasteiger partial charge in [0.2, 0.25) is 0 Å². The summed E-state index contributed by atoms with van der Waals surface area (Å²) < 4.78 is 0. The van der Waals surface area contributed by atoms with Crippen LogP contribution in [0.2, 0.25) is 0 Å². The average Bonchev–Trinajstić information content (AvgIpc) is 2.60. The van der Waals surface area contributed by atoms with Crippen molar-refractivity contribution in [3.05, 3.63) is 41.5 Å². The van der Waals surface area contributed by atoms with Crippen molar-refractivity contribution >= 4 is 11.5 Å². The summed E-state index contributed by atoms with van der Waals surface area (Å²) in [6.45, 7) is 14.5. The monoisotopic (exact) mass is 370 g/mol. The molecule has 0 atom stereocenters. The predicted octanol–water partition coefficient (Wildman–Crippen LogP) is 5.01. The van der Waals surface area contributed by atoms with E-state index in [1.165, 1.54) is 31.4 Å². The van der Waals surface area contributed by atoms with Gasteiger partial charge in [-0.05, 0) is 75.7 Å². The summed E-state index contributed by atoms with van der Waals surface area (Å²) in [4.78, 5) is 15.3. The van der Waals surface area contributed by atoms with E-state index in [1.54, 1.807) is 0 Å². The first-order chi connectivity index (χ1) is 12.7. The van der Waals surface area contributed by atoms with Crippen molar-refractivity contribution in [3.63, 3.8) is 0 Å². The summed E-state index contributed by atoms with van der Waals surface area (Å²) in [5.41, 5.74) is 3.99. The lowest BCUT2D eigenvalue weighted by Crippen LogP contribution is -2.45. The van der Waals surface area contributed by atoms with Crippen molar-refractivity contribution < 1.29 is 6.22 Å². The molecule has 0 unspecified atom stereocenters. The molecule has 1 aliphatic carbocycles. The molecule has 1 fully saturated rings. The van der Waals surface area contributed by atoms with Gasteiger partial charge in [-0.25, -0.2) is 0 Å². The maximum atomic E-state index is 12.7. The van der Waals surface area contributed by atoms with Crippen molar-refractivity contribution in [3.8, 4) is 0 Å². The second-order valence-corrected chi connectivity index (χ2v) is 9.93. The Hall–Kier alpha value is -1.61. The first-order valence-corrected chi connectivity index (χ1v) is 10.5. The highest BCUT2D eigenvalue weighted by molar-refractivity contribution is 6.20. The Labute approximate surface area is 166 Å². The lowest BCUT2D eigenvalue weighted by molar-refractivity contribution is -0.116. The standard InChI is InChI=1S/C24H36N2O.H2/c1-18(2)25-22(27)20-10-11-24(21-9-7-6-8-19(20)21)13-16-26(17-14-24)15-12-23(3,4)5;/h6-10,18H,11-17H2,1-5H3,(H,25,27);1H. The first kappa shape index (κ1) is 20.1. The summed E-state index contributed by atoms with van der Waals surface area (Å²) >= 11 is 0. The van der Waals surface area contributed by atoms with Crippen molar-refractivity contribution in [2.24, 2.45) is 5.41 Å². The van der Waals surface area contributed by atoms with E-state index in [1.807, 2.05) is 13.8 Å². The van der Waals surface area contributed by atoms with Crippen LogP contribution in [0, 0.1) is 5.41 Å². The van der Waals surface area contributed by atoms with Gasteiger partial charge in [0, 0.05) is 18.5 Å². The molecule has 27 heavy (non-hydrogen) atoms. The van der Waals surface area contributed by atoms with E-state index < -0.39 is 0 Å². The predicted molar refractivity (Wildman–Crippen MR) is 116 cm³/mol. The summed E-state index contributed by atoms with van der Waals surface area (Å²) in [5.74, 6) is 0.0647. The molecule has 3 nitrogen and oxygen atoms in total. The Balaban J connectivity index is 0.00000280. The molecular weight excluding hydrogens is 332 g/mol. The van der Waals surface area contributed by atoms with Gasteiger partial charge in [-0.3, -0.25) is 4.79 Å². The quantitative estimate of drug-likeness (QED) is 0.807. The van der Waals surface area contributed by atoms with Crippen LogP contribution in [0.15, 0.2) is 30.3 Å². The molecular formula is C24H38N2O. The highest BCUT2D eigenvalue weighted by Gasteiger charge is 2.40. The SMILES string of the molecule is CC(C)NC(=O)C1=CCC2(CCN(CCC(C)(C)C)CC2)c2ccccc21.[HH]. The highest BCUT2D eigenvalue weighted by Crippen LogP contribution is 2.46. The number of hydrogen-bond donors (Lipinski definition) is 1. The molecule has 0 bridgehead atoms. The maximum Gasteiger partial charge on any atom is 0.251 e. The fourth-order valence-corrected chi connectivity index (χ4v) is 4.42. The smallest absolute Gasteiger partial charge is 0.251 e. The minimum Gasteiger partial charge on any atom is -0.350 e. The minimum absolute atomic E-state index is 0. The fraction of sp³-hybridized carbons (Fsp3) is 0.625. The van der Waals surface area contributed by atoms with Crippen molar-refractivity contribution in [1.82, 2.24) is 10.2 Å². The molecule has 2 aliphatic rings. The Morgan fingerprint density at radius 2 is 1.89 bits per heavy atom. The zero-order chi connectivity index (χ0) is 19.7. The van der Waals surface area contributed by atoms with Gasteiger partial charge in [-0.15, -0.1) is 0 Å². The van der Waals surface area contributed by atoms with Gasteiger partial charge in [0.15, 0.2) is 0 Å². The molecule has 1 aliphatic heterocycles. The minimum atomic E-state index is 0. The zero-order valence-corrected chi connectivity index (χ0v) is 17.8. The number of hydrogen-bond acceptors (Lipinski definition) is 2. The first-order valence-electron chi connectivity index (χ1n) is 10.5. The third-order valence-corrected chi connectivity index (χ3v) is 6.14. The van der Waals surface area contributed by atoms with E-state index in [0.717, 1.165) is 30.6 Å². The van der Waals surface area contributed by atoms with E-state index in [0.29, 0.717) is 5.41 Å². The van der Waals surface area contributed by atoms with Crippen LogP contribution in [0.5, 0.6) is 0 Å². The van der Waals surface area contributed by atoms with E-state index in [4.69, 9.17) is 0 Å². The molecule has 1 N–H and O–H groups in total. The zero-order valence-electron chi connectivity index (χ0n) is 17.8. The number of likely N-dealkylation sites (tertiary alicyclic amines) is 1. The number of nitrogens with zero attached hydrogens (tertiary/aromatic N) is 1. The topological polar surface area (TPSA) is 32.3 Å². The number of amides is 1. The van der Waals surface area contributed by atoms with Gasteiger partial charge in [-0.2, -0.15) is 0 Å². The molecule has 0 saturated carbocycles. The molecule has 1 amide bonds. The molecule has 1 aromatic rings. The van der Waals surface area contributed by atoms with Gasteiger partial charge in [0.05, 0.1) is 0 Å². The number of benzene rings is 1. The summed E-state index contributed by atoms with van der Waals surface area (Å²) in [6, 6.07) is 8.75. The third-order valence-electron chi connectivity index (χ3n) is 6.14. The number of nitrogens with one attached hydrogen (secondary N) is 1. The second-order valence-electron chi connectivity index (χ2n) is 9.93. The van der Waals surface area contributed by atoms with Crippen LogP contribution in [0.4, 0.5) is 0 Å². The van der Waals surface area contributed by atoms with E-state index in [2.05, 4.69) is 61.3 Å². The molecule has 1 heterocycles. The maximum absolute atomic E-state index is 12.7. The summed E-state index contributed by atoms with van der Waals surface area (Å²) in [6.07, 6.45) is 6.80. The van der Waals surface area contributed by atoms with Crippen molar-refractivity contribution in [1.29, 1.82) is 0 Å².